The van der Waals surface area contributed by atoms with Crippen LogP contribution in [-0.4, -0.2) is 19.8 Å². The van der Waals surface area contributed by atoms with Crippen molar-refractivity contribution in [1.82, 2.24) is 0 Å². The Balaban J connectivity index is 2.00. The van der Waals surface area contributed by atoms with E-state index in [0.717, 1.165) is 12.2 Å². The van der Waals surface area contributed by atoms with Gasteiger partial charge in [0, 0.05) is 17.6 Å². The van der Waals surface area contributed by atoms with E-state index in [1.807, 2.05) is 30.3 Å². The number of para-hydroxylation sites is 1. The molecule has 3 fully saturated rings. The Kier molecular flexibility index (Phi) is 2.15. The number of anilines is 1. The normalized spacial score (nSPS) is 37.7. The molecule has 0 N–H and O–H groups in total. The van der Waals surface area contributed by atoms with Crippen molar-refractivity contribution in [2.24, 2.45) is 5.41 Å². The predicted octanol–water partition coefficient (Wildman–Crippen LogP) is 2.67. The van der Waals surface area contributed by atoms with Crippen LogP contribution < -0.4 is 4.67 Å². The molecule has 0 radical (unpaired) electrons. The molecule has 4 nitrogen and oxygen atoms in total. The fraction of sp³-hybridized carbons (Fsp3) is 0.455. The zero-order valence-electron chi connectivity index (χ0n) is 9.13. The van der Waals surface area contributed by atoms with Gasteiger partial charge in [-0.15, -0.1) is 0 Å². The lowest BCUT2D eigenvalue weighted by Crippen LogP contribution is -2.50. The van der Waals surface area contributed by atoms with Crippen molar-refractivity contribution in [1.29, 1.82) is 0 Å². The molecule has 0 amide bonds. The highest BCUT2D eigenvalue weighted by molar-refractivity contribution is 7.55. The second-order valence-electron chi connectivity index (χ2n) is 4.72. The van der Waals surface area contributed by atoms with E-state index in [4.69, 9.17) is 9.05 Å². The second-order valence-corrected chi connectivity index (χ2v) is 6.66. The van der Waals surface area contributed by atoms with Crippen molar-refractivity contribution in [3.63, 3.8) is 0 Å². The zero-order chi connectivity index (χ0) is 11.2. The Morgan fingerprint density at radius 1 is 1.25 bits per heavy atom. The maximum absolute atomic E-state index is 12.4. The summed E-state index contributed by atoms with van der Waals surface area (Å²) in [6.07, 6.45) is 0. The van der Waals surface area contributed by atoms with Gasteiger partial charge in [0.1, 0.15) is 0 Å². The standard InChI is InChI=1S/C11H14NO3P/c1-11-7-12(10-5-3-2-4-6-10)16(13,14-8-11)15-9-11/h2-6H,7-9H2,1H3. The highest BCUT2D eigenvalue weighted by Crippen LogP contribution is 2.63. The summed E-state index contributed by atoms with van der Waals surface area (Å²) >= 11 is 0. The molecule has 1 aromatic rings. The second kappa shape index (κ2) is 3.33. The van der Waals surface area contributed by atoms with Gasteiger partial charge in [-0.05, 0) is 12.1 Å². The molecule has 3 aliphatic heterocycles. The van der Waals surface area contributed by atoms with Crippen molar-refractivity contribution in [3.05, 3.63) is 30.3 Å². The third-order valence-corrected chi connectivity index (χ3v) is 4.91. The van der Waals surface area contributed by atoms with E-state index < -0.39 is 7.75 Å². The summed E-state index contributed by atoms with van der Waals surface area (Å²) in [5, 5.41) is 0. The molecule has 4 rings (SSSR count). The van der Waals surface area contributed by atoms with Crippen molar-refractivity contribution >= 4 is 13.4 Å². The minimum atomic E-state index is -3.07. The average Bonchev–Trinajstić information content (AvgIpc) is 2.32. The molecule has 0 aromatic heterocycles. The smallest absolute Gasteiger partial charge is 0.291 e. The lowest BCUT2D eigenvalue weighted by Gasteiger charge is -2.49. The number of rotatable bonds is 1. The quantitative estimate of drug-likeness (QED) is 0.706. The summed E-state index contributed by atoms with van der Waals surface area (Å²) in [6, 6.07) is 9.64. The highest BCUT2D eigenvalue weighted by Gasteiger charge is 2.51. The molecule has 86 valence electrons. The van der Waals surface area contributed by atoms with Crippen LogP contribution in [0.3, 0.4) is 0 Å². The summed E-state index contributed by atoms with van der Waals surface area (Å²) in [4.78, 5) is 0. The first-order valence-electron chi connectivity index (χ1n) is 5.34. The number of fused-ring (bicyclic) bond motifs is 3. The van der Waals surface area contributed by atoms with Gasteiger partial charge in [0.15, 0.2) is 0 Å². The topological polar surface area (TPSA) is 38.8 Å². The predicted molar refractivity (Wildman–Crippen MR) is 61.4 cm³/mol. The van der Waals surface area contributed by atoms with Gasteiger partial charge >= 0.3 is 7.75 Å². The van der Waals surface area contributed by atoms with Crippen LogP contribution >= 0.6 is 7.75 Å². The molecule has 1 aromatic carbocycles. The maximum atomic E-state index is 12.4. The summed E-state index contributed by atoms with van der Waals surface area (Å²) in [6.45, 7) is 3.86. The monoisotopic (exact) mass is 239 g/mol. The van der Waals surface area contributed by atoms with Crippen LogP contribution in [0.2, 0.25) is 0 Å². The van der Waals surface area contributed by atoms with Gasteiger partial charge in [0.2, 0.25) is 0 Å². The Labute approximate surface area is 94.8 Å². The third kappa shape index (κ3) is 1.49. The van der Waals surface area contributed by atoms with Gasteiger partial charge in [-0.25, -0.2) is 4.57 Å². The molecule has 0 spiro atoms. The average molecular weight is 239 g/mol. The number of benzene rings is 1. The fourth-order valence-corrected chi connectivity index (χ4v) is 4.30. The molecule has 0 atom stereocenters. The molecule has 0 saturated carbocycles. The molecule has 5 heteroatoms. The molecule has 0 unspecified atom stereocenters. The maximum Gasteiger partial charge on any atom is 0.435 e. The van der Waals surface area contributed by atoms with Gasteiger partial charge in [0.25, 0.3) is 0 Å². The summed E-state index contributed by atoms with van der Waals surface area (Å²) < 4.78 is 24.9. The van der Waals surface area contributed by atoms with Crippen LogP contribution in [-0.2, 0) is 13.6 Å². The molecule has 3 heterocycles. The van der Waals surface area contributed by atoms with E-state index >= 15 is 0 Å². The van der Waals surface area contributed by atoms with Gasteiger partial charge in [-0.2, -0.15) is 0 Å². The van der Waals surface area contributed by atoms with E-state index in [1.165, 1.54) is 0 Å². The molecule has 16 heavy (non-hydrogen) atoms. The van der Waals surface area contributed by atoms with Gasteiger partial charge in [0.05, 0.1) is 13.2 Å². The summed E-state index contributed by atoms with van der Waals surface area (Å²) in [7, 11) is -3.07. The van der Waals surface area contributed by atoms with E-state index in [0.29, 0.717) is 13.2 Å². The van der Waals surface area contributed by atoms with E-state index in [1.54, 1.807) is 4.67 Å². The fourth-order valence-electron chi connectivity index (χ4n) is 2.07. The number of nitrogens with zero attached hydrogens (tertiary/aromatic N) is 1. The van der Waals surface area contributed by atoms with Gasteiger partial charge in [-0.1, -0.05) is 25.1 Å². The Morgan fingerprint density at radius 2 is 1.88 bits per heavy atom. The van der Waals surface area contributed by atoms with Crippen LogP contribution in [0.25, 0.3) is 0 Å². The number of hydrogen-bond donors (Lipinski definition) is 0. The molecule has 3 aliphatic rings. The Morgan fingerprint density at radius 3 is 2.50 bits per heavy atom. The summed E-state index contributed by atoms with van der Waals surface area (Å²) in [5.74, 6) is 0. The third-order valence-electron chi connectivity index (χ3n) is 3.03. The van der Waals surface area contributed by atoms with Crippen LogP contribution in [0.5, 0.6) is 0 Å². The highest BCUT2D eigenvalue weighted by atomic mass is 31.2. The van der Waals surface area contributed by atoms with Gasteiger partial charge in [-0.3, -0.25) is 13.7 Å². The summed E-state index contributed by atoms with van der Waals surface area (Å²) in [5.41, 5.74) is 0.846. The van der Waals surface area contributed by atoms with Crippen molar-refractivity contribution < 1.29 is 13.6 Å². The lowest BCUT2D eigenvalue weighted by atomic mass is 9.93. The van der Waals surface area contributed by atoms with Gasteiger partial charge < -0.3 is 0 Å². The van der Waals surface area contributed by atoms with Crippen LogP contribution in [0, 0.1) is 5.41 Å². The first-order valence-corrected chi connectivity index (χ1v) is 6.83. The molecule has 0 aliphatic carbocycles. The minimum Gasteiger partial charge on any atom is -0.291 e. The Bertz CT molecular complexity index is 436. The molecule has 2 bridgehead atoms. The molecule has 3 saturated heterocycles. The van der Waals surface area contributed by atoms with Crippen molar-refractivity contribution in [3.8, 4) is 0 Å². The van der Waals surface area contributed by atoms with E-state index in [9.17, 15) is 4.57 Å². The van der Waals surface area contributed by atoms with Crippen LogP contribution in [0.15, 0.2) is 30.3 Å². The SMILES string of the molecule is CC12COP(=O)(OC1)N(c1ccccc1)C2. The zero-order valence-corrected chi connectivity index (χ0v) is 10.0. The first-order chi connectivity index (χ1) is 7.61. The minimum absolute atomic E-state index is 0.0536. The molecular weight excluding hydrogens is 225 g/mol. The van der Waals surface area contributed by atoms with E-state index in [2.05, 4.69) is 6.92 Å². The van der Waals surface area contributed by atoms with Crippen molar-refractivity contribution in [2.75, 3.05) is 24.4 Å². The van der Waals surface area contributed by atoms with Crippen LogP contribution in [0.4, 0.5) is 5.69 Å². The van der Waals surface area contributed by atoms with Crippen molar-refractivity contribution in [2.45, 2.75) is 6.92 Å². The van der Waals surface area contributed by atoms with E-state index in [-0.39, 0.29) is 5.41 Å². The number of hydrogen-bond acceptors (Lipinski definition) is 3. The first kappa shape index (κ1) is 10.3. The molecular formula is C11H14NO3P. The largest absolute Gasteiger partial charge is 0.435 e. The van der Waals surface area contributed by atoms with Crippen LogP contribution in [0.1, 0.15) is 6.92 Å². The Hall–Kier alpha value is -0.830. The lowest BCUT2D eigenvalue weighted by molar-refractivity contribution is 0.0112.